The van der Waals surface area contributed by atoms with Gasteiger partial charge in [0.1, 0.15) is 0 Å². The van der Waals surface area contributed by atoms with Gasteiger partial charge in [-0.25, -0.2) is 0 Å². The highest BCUT2D eigenvalue weighted by atomic mass is 15.3. The third-order valence-corrected chi connectivity index (χ3v) is 1.57. The summed E-state index contributed by atoms with van der Waals surface area (Å²) >= 11 is 0. The summed E-state index contributed by atoms with van der Waals surface area (Å²) in [6.45, 7) is 8.73. The van der Waals surface area contributed by atoms with Crippen LogP contribution < -0.4 is 0 Å². The van der Waals surface area contributed by atoms with Crippen molar-refractivity contribution >= 4 is 0 Å². The minimum atomic E-state index is 0.515. The van der Waals surface area contributed by atoms with Gasteiger partial charge < -0.3 is 0 Å². The van der Waals surface area contributed by atoms with Crippen molar-refractivity contribution in [2.45, 2.75) is 26.3 Å². The van der Waals surface area contributed by atoms with Gasteiger partial charge in [0, 0.05) is 6.20 Å². The molecule has 2 nitrogen and oxygen atoms in total. The molecule has 2 heteroatoms. The van der Waals surface area contributed by atoms with Crippen LogP contribution in [0.15, 0.2) is 24.9 Å². The van der Waals surface area contributed by atoms with Crippen LogP contribution >= 0.6 is 0 Å². The van der Waals surface area contributed by atoms with Gasteiger partial charge in [-0.1, -0.05) is 19.9 Å². The Morgan fingerprint density at radius 3 is 2.91 bits per heavy atom. The molecular weight excluding hydrogens is 136 g/mol. The van der Waals surface area contributed by atoms with E-state index in [1.807, 2.05) is 23.0 Å². The Hall–Kier alpha value is -1.05. The first-order valence-electron chi connectivity index (χ1n) is 3.88. The lowest BCUT2D eigenvalue weighted by atomic mass is 10.1. The summed E-state index contributed by atoms with van der Waals surface area (Å²) in [6.07, 6.45) is 3.83. The molecule has 0 N–H and O–H groups in total. The van der Waals surface area contributed by atoms with Gasteiger partial charge in [-0.15, -0.1) is 6.58 Å². The Balaban J connectivity index is 2.73. The van der Waals surface area contributed by atoms with Crippen LogP contribution in [0.5, 0.6) is 0 Å². The second-order valence-corrected chi connectivity index (χ2v) is 2.91. The molecule has 0 bridgehead atoms. The van der Waals surface area contributed by atoms with E-state index < -0.39 is 0 Å². The zero-order chi connectivity index (χ0) is 8.27. The van der Waals surface area contributed by atoms with Crippen LogP contribution in [0.25, 0.3) is 0 Å². The molecule has 0 radical (unpaired) electrons. The molecule has 0 aliphatic heterocycles. The second kappa shape index (κ2) is 3.37. The van der Waals surface area contributed by atoms with Gasteiger partial charge in [0.15, 0.2) is 0 Å². The molecule has 0 aromatic carbocycles. The first-order valence-corrected chi connectivity index (χ1v) is 3.88. The van der Waals surface area contributed by atoms with Crippen LogP contribution in [0.4, 0.5) is 0 Å². The molecule has 0 spiro atoms. The molecule has 60 valence electrons. The maximum Gasteiger partial charge on any atom is 0.0650 e. The number of rotatable bonds is 3. The van der Waals surface area contributed by atoms with E-state index in [4.69, 9.17) is 0 Å². The lowest BCUT2D eigenvalue weighted by molar-refractivity contribution is 0.669. The van der Waals surface area contributed by atoms with Crippen molar-refractivity contribution in [3.8, 4) is 0 Å². The molecule has 0 aliphatic carbocycles. The lowest BCUT2D eigenvalue weighted by Crippen LogP contribution is -1.97. The maximum absolute atomic E-state index is 4.34. The summed E-state index contributed by atoms with van der Waals surface area (Å²) in [4.78, 5) is 0. The standard InChI is InChI=1S/C9H14N2/c1-4-6-11-7-5-9(10-11)8(2)3/h4-5,7-8H,1,6H2,2-3H3. The van der Waals surface area contributed by atoms with E-state index in [1.54, 1.807) is 0 Å². The SMILES string of the molecule is C=CCn1ccc(C(C)C)n1. The van der Waals surface area contributed by atoms with Gasteiger partial charge in [0.25, 0.3) is 0 Å². The summed E-state index contributed by atoms with van der Waals surface area (Å²) < 4.78 is 1.89. The predicted octanol–water partition coefficient (Wildman–Crippen LogP) is 2.19. The fourth-order valence-electron chi connectivity index (χ4n) is 0.919. The first kappa shape index (κ1) is 8.05. The Morgan fingerprint density at radius 2 is 2.45 bits per heavy atom. The lowest BCUT2D eigenvalue weighted by Gasteiger charge is -1.97. The highest BCUT2D eigenvalue weighted by Crippen LogP contribution is 2.09. The van der Waals surface area contributed by atoms with Gasteiger partial charge in [-0.3, -0.25) is 4.68 Å². The second-order valence-electron chi connectivity index (χ2n) is 2.91. The first-order chi connectivity index (χ1) is 5.24. The van der Waals surface area contributed by atoms with E-state index in [-0.39, 0.29) is 0 Å². The quantitative estimate of drug-likeness (QED) is 0.604. The molecule has 1 aromatic heterocycles. The van der Waals surface area contributed by atoms with Crippen molar-refractivity contribution in [1.82, 2.24) is 9.78 Å². The number of allylic oxidation sites excluding steroid dienone is 1. The van der Waals surface area contributed by atoms with Gasteiger partial charge in [-0.2, -0.15) is 5.10 Å². The van der Waals surface area contributed by atoms with E-state index >= 15 is 0 Å². The molecule has 0 amide bonds. The van der Waals surface area contributed by atoms with Gasteiger partial charge in [0.05, 0.1) is 12.2 Å². The summed E-state index contributed by atoms with van der Waals surface area (Å²) in [7, 11) is 0. The third-order valence-electron chi connectivity index (χ3n) is 1.57. The molecule has 0 saturated heterocycles. The average Bonchev–Trinajstić information content (AvgIpc) is 2.37. The van der Waals surface area contributed by atoms with Gasteiger partial charge >= 0.3 is 0 Å². The average molecular weight is 150 g/mol. The van der Waals surface area contributed by atoms with E-state index in [9.17, 15) is 0 Å². The monoisotopic (exact) mass is 150 g/mol. The van der Waals surface area contributed by atoms with E-state index in [0.29, 0.717) is 5.92 Å². The summed E-state index contributed by atoms with van der Waals surface area (Å²) in [6, 6.07) is 2.05. The van der Waals surface area contributed by atoms with Gasteiger partial charge in [-0.05, 0) is 12.0 Å². The molecule has 0 atom stereocenters. The molecule has 11 heavy (non-hydrogen) atoms. The van der Waals surface area contributed by atoms with Crippen LogP contribution in [0, 0.1) is 0 Å². The van der Waals surface area contributed by atoms with Crippen LogP contribution in [0.3, 0.4) is 0 Å². The molecule has 0 unspecified atom stereocenters. The maximum atomic E-state index is 4.34. The molecule has 1 aromatic rings. The van der Waals surface area contributed by atoms with Gasteiger partial charge in [0.2, 0.25) is 0 Å². The third kappa shape index (κ3) is 1.93. The topological polar surface area (TPSA) is 17.8 Å². The minimum Gasteiger partial charge on any atom is -0.269 e. The summed E-state index contributed by atoms with van der Waals surface area (Å²) in [5, 5.41) is 4.34. The van der Waals surface area contributed by atoms with Crippen LogP contribution in [-0.2, 0) is 6.54 Å². The zero-order valence-electron chi connectivity index (χ0n) is 7.12. The largest absolute Gasteiger partial charge is 0.269 e. The number of aromatic nitrogens is 2. The van der Waals surface area contributed by atoms with E-state index in [2.05, 4.69) is 25.5 Å². The number of nitrogens with zero attached hydrogens (tertiary/aromatic N) is 2. The highest BCUT2D eigenvalue weighted by molar-refractivity contribution is 5.03. The fourth-order valence-corrected chi connectivity index (χ4v) is 0.919. The minimum absolute atomic E-state index is 0.515. The highest BCUT2D eigenvalue weighted by Gasteiger charge is 2.01. The molecular formula is C9H14N2. The normalized spacial score (nSPS) is 10.5. The van der Waals surface area contributed by atoms with Crippen LogP contribution in [-0.4, -0.2) is 9.78 Å². The number of hydrogen-bond acceptors (Lipinski definition) is 1. The summed E-state index contributed by atoms with van der Waals surface area (Å²) in [5.41, 5.74) is 1.15. The van der Waals surface area contributed by atoms with Crippen molar-refractivity contribution < 1.29 is 0 Å². The molecule has 1 rings (SSSR count). The van der Waals surface area contributed by atoms with Crippen LogP contribution in [0.1, 0.15) is 25.5 Å². The predicted molar refractivity (Wildman–Crippen MR) is 46.5 cm³/mol. The smallest absolute Gasteiger partial charge is 0.0650 e. The molecule has 0 fully saturated rings. The summed E-state index contributed by atoms with van der Waals surface area (Å²) in [5.74, 6) is 0.515. The Morgan fingerprint density at radius 1 is 1.73 bits per heavy atom. The van der Waals surface area contributed by atoms with Crippen LogP contribution in [0.2, 0.25) is 0 Å². The van der Waals surface area contributed by atoms with Crippen molar-refractivity contribution in [1.29, 1.82) is 0 Å². The Bertz CT molecular complexity index is 235. The molecule has 0 saturated carbocycles. The number of hydrogen-bond donors (Lipinski definition) is 0. The van der Waals surface area contributed by atoms with Crippen molar-refractivity contribution in [2.75, 3.05) is 0 Å². The van der Waals surface area contributed by atoms with E-state index in [1.165, 1.54) is 0 Å². The molecule has 0 aliphatic rings. The Labute approximate surface area is 67.5 Å². The van der Waals surface area contributed by atoms with Crippen molar-refractivity contribution in [3.05, 3.63) is 30.6 Å². The molecule has 1 heterocycles. The van der Waals surface area contributed by atoms with Crippen molar-refractivity contribution in [2.24, 2.45) is 0 Å². The zero-order valence-corrected chi connectivity index (χ0v) is 7.12. The van der Waals surface area contributed by atoms with E-state index in [0.717, 1.165) is 12.2 Å². The Kier molecular flexibility index (Phi) is 2.47. The fraction of sp³-hybridized carbons (Fsp3) is 0.444. The van der Waals surface area contributed by atoms with Crippen molar-refractivity contribution in [3.63, 3.8) is 0 Å².